The molecule has 0 aliphatic heterocycles. The van der Waals surface area contributed by atoms with Crippen LogP contribution >= 0.6 is 0 Å². The summed E-state index contributed by atoms with van der Waals surface area (Å²) in [6.45, 7) is 12.1. The molecule has 7 heteroatoms. The first-order chi connectivity index (χ1) is 10.3. The fourth-order valence-electron chi connectivity index (χ4n) is 1.78. The van der Waals surface area contributed by atoms with Crippen LogP contribution in [0.15, 0.2) is 0 Å². The molecular formula is C16H30N2O5. The molecule has 23 heavy (non-hydrogen) atoms. The Morgan fingerprint density at radius 2 is 1.57 bits per heavy atom. The minimum absolute atomic E-state index is 0.196. The molecule has 0 aromatic carbocycles. The third-order valence-corrected chi connectivity index (χ3v) is 2.88. The molecule has 0 radical (unpaired) electrons. The summed E-state index contributed by atoms with van der Waals surface area (Å²) in [6, 6.07) is -0.757. The predicted molar refractivity (Wildman–Crippen MR) is 86.9 cm³/mol. The Labute approximate surface area is 138 Å². The summed E-state index contributed by atoms with van der Waals surface area (Å²) in [4.78, 5) is 36.0. The lowest BCUT2D eigenvalue weighted by Crippen LogP contribution is -2.58. The molecular weight excluding hydrogens is 300 g/mol. The lowest BCUT2D eigenvalue weighted by molar-refractivity contribution is -0.146. The molecule has 0 heterocycles. The summed E-state index contributed by atoms with van der Waals surface area (Å²) in [5, 5.41) is 5.13. The zero-order valence-corrected chi connectivity index (χ0v) is 15.4. The monoisotopic (exact) mass is 330 g/mol. The van der Waals surface area contributed by atoms with Gasteiger partial charge in [-0.2, -0.15) is 0 Å². The average Bonchev–Trinajstić information content (AvgIpc) is 2.33. The van der Waals surface area contributed by atoms with E-state index < -0.39 is 35.2 Å². The van der Waals surface area contributed by atoms with Crippen LogP contribution in [0.5, 0.6) is 0 Å². The standard InChI is InChI=1S/C16H30N2O5/c1-10(2)9-11(12(19)22-8)17-13(20)16(6,7)18-14(21)23-15(3,4)5/h10-11H,9H2,1-8H3,(H,17,20)(H,18,21). The molecule has 0 bridgehead atoms. The number of amides is 2. The average molecular weight is 330 g/mol. The SMILES string of the molecule is COC(=O)C(CC(C)C)NC(=O)C(C)(C)NC(=O)OC(C)(C)C. The second kappa shape index (κ2) is 8.17. The summed E-state index contributed by atoms with van der Waals surface area (Å²) in [7, 11) is 1.27. The first-order valence-electron chi connectivity index (χ1n) is 7.68. The van der Waals surface area contributed by atoms with Gasteiger partial charge in [0.25, 0.3) is 0 Å². The Morgan fingerprint density at radius 1 is 1.04 bits per heavy atom. The topological polar surface area (TPSA) is 93.7 Å². The van der Waals surface area contributed by atoms with Crippen molar-refractivity contribution in [2.75, 3.05) is 7.11 Å². The van der Waals surface area contributed by atoms with Crippen molar-refractivity contribution < 1.29 is 23.9 Å². The molecule has 0 aliphatic rings. The second-order valence-corrected chi connectivity index (χ2v) is 7.43. The van der Waals surface area contributed by atoms with Crippen molar-refractivity contribution in [1.29, 1.82) is 0 Å². The molecule has 134 valence electrons. The lowest BCUT2D eigenvalue weighted by atomic mass is 10.0. The molecule has 0 rings (SSSR count). The van der Waals surface area contributed by atoms with Crippen LogP contribution in [0.3, 0.4) is 0 Å². The van der Waals surface area contributed by atoms with E-state index >= 15 is 0 Å². The normalized spacial score (nSPS) is 13.3. The van der Waals surface area contributed by atoms with Crippen LogP contribution in [0.2, 0.25) is 0 Å². The number of hydrogen-bond acceptors (Lipinski definition) is 5. The predicted octanol–water partition coefficient (Wildman–Crippen LogP) is 1.99. The second-order valence-electron chi connectivity index (χ2n) is 7.43. The molecule has 0 aliphatic carbocycles. The molecule has 1 atom stereocenters. The van der Waals surface area contributed by atoms with Gasteiger partial charge >= 0.3 is 12.1 Å². The fraction of sp³-hybridized carbons (Fsp3) is 0.812. The first-order valence-corrected chi connectivity index (χ1v) is 7.68. The van der Waals surface area contributed by atoms with E-state index in [1.807, 2.05) is 13.8 Å². The number of hydrogen-bond donors (Lipinski definition) is 2. The van der Waals surface area contributed by atoms with Gasteiger partial charge in [0.15, 0.2) is 0 Å². The summed E-state index contributed by atoms with van der Waals surface area (Å²) >= 11 is 0. The minimum Gasteiger partial charge on any atom is -0.467 e. The summed E-state index contributed by atoms with van der Waals surface area (Å²) in [5.74, 6) is -0.805. The number of carbonyl (C=O) groups is 3. The van der Waals surface area contributed by atoms with E-state index in [1.54, 1.807) is 20.8 Å². The van der Waals surface area contributed by atoms with Crippen molar-refractivity contribution in [3.05, 3.63) is 0 Å². The fourth-order valence-corrected chi connectivity index (χ4v) is 1.78. The van der Waals surface area contributed by atoms with E-state index in [9.17, 15) is 14.4 Å². The molecule has 1 unspecified atom stereocenters. The van der Waals surface area contributed by atoms with Gasteiger partial charge in [-0.25, -0.2) is 9.59 Å². The van der Waals surface area contributed by atoms with Crippen molar-refractivity contribution in [3.63, 3.8) is 0 Å². The van der Waals surface area contributed by atoms with Crippen molar-refractivity contribution in [3.8, 4) is 0 Å². The van der Waals surface area contributed by atoms with Gasteiger partial charge < -0.3 is 20.1 Å². The van der Waals surface area contributed by atoms with E-state index in [0.29, 0.717) is 6.42 Å². The third kappa shape index (κ3) is 8.42. The lowest BCUT2D eigenvalue weighted by Gasteiger charge is -2.29. The summed E-state index contributed by atoms with van der Waals surface area (Å²) in [5.41, 5.74) is -1.89. The Balaban J connectivity index is 4.88. The van der Waals surface area contributed by atoms with Crippen molar-refractivity contribution >= 4 is 18.0 Å². The first kappa shape index (κ1) is 21.2. The van der Waals surface area contributed by atoms with Crippen LogP contribution < -0.4 is 10.6 Å². The number of rotatable bonds is 6. The Kier molecular flexibility index (Phi) is 7.54. The molecule has 0 aromatic rings. The Morgan fingerprint density at radius 3 is 1.96 bits per heavy atom. The molecule has 2 amide bonds. The number of alkyl carbamates (subject to hydrolysis) is 1. The maximum atomic E-state index is 12.4. The largest absolute Gasteiger partial charge is 0.467 e. The van der Waals surface area contributed by atoms with Crippen LogP contribution in [0, 0.1) is 5.92 Å². The molecule has 0 spiro atoms. The van der Waals surface area contributed by atoms with Gasteiger partial charge in [0.2, 0.25) is 5.91 Å². The third-order valence-electron chi connectivity index (χ3n) is 2.88. The highest BCUT2D eigenvalue weighted by atomic mass is 16.6. The van der Waals surface area contributed by atoms with Gasteiger partial charge in [-0.05, 0) is 47.0 Å². The zero-order valence-electron chi connectivity index (χ0n) is 15.4. The number of carbonyl (C=O) groups excluding carboxylic acids is 3. The highest BCUT2D eigenvalue weighted by molar-refractivity contribution is 5.92. The molecule has 0 aromatic heterocycles. The Hall–Kier alpha value is -1.79. The van der Waals surface area contributed by atoms with Crippen LogP contribution in [0.4, 0.5) is 4.79 Å². The van der Waals surface area contributed by atoms with Gasteiger partial charge in [0.1, 0.15) is 17.2 Å². The number of nitrogens with one attached hydrogen (secondary N) is 2. The maximum Gasteiger partial charge on any atom is 0.408 e. The smallest absolute Gasteiger partial charge is 0.408 e. The number of methoxy groups -OCH3 is 1. The highest BCUT2D eigenvalue weighted by Crippen LogP contribution is 2.12. The van der Waals surface area contributed by atoms with Crippen LogP contribution in [0.1, 0.15) is 54.9 Å². The molecule has 0 saturated carbocycles. The van der Waals surface area contributed by atoms with E-state index in [4.69, 9.17) is 9.47 Å². The van der Waals surface area contributed by atoms with E-state index in [0.717, 1.165) is 0 Å². The van der Waals surface area contributed by atoms with Crippen LogP contribution in [-0.4, -0.2) is 42.3 Å². The van der Waals surface area contributed by atoms with Crippen molar-refractivity contribution in [2.24, 2.45) is 5.92 Å². The van der Waals surface area contributed by atoms with E-state index in [1.165, 1.54) is 21.0 Å². The quantitative estimate of drug-likeness (QED) is 0.727. The van der Waals surface area contributed by atoms with E-state index in [2.05, 4.69) is 10.6 Å². The van der Waals surface area contributed by atoms with Gasteiger partial charge in [-0.3, -0.25) is 4.79 Å². The number of esters is 1. The van der Waals surface area contributed by atoms with Gasteiger partial charge in [0, 0.05) is 0 Å². The van der Waals surface area contributed by atoms with E-state index in [-0.39, 0.29) is 5.92 Å². The van der Waals surface area contributed by atoms with Gasteiger partial charge in [0.05, 0.1) is 7.11 Å². The van der Waals surface area contributed by atoms with Gasteiger partial charge in [-0.15, -0.1) is 0 Å². The summed E-state index contributed by atoms with van der Waals surface area (Å²) < 4.78 is 9.85. The molecule has 0 fully saturated rings. The highest BCUT2D eigenvalue weighted by Gasteiger charge is 2.34. The Bertz CT molecular complexity index is 438. The maximum absolute atomic E-state index is 12.4. The molecule has 0 saturated heterocycles. The van der Waals surface area contributed by atoms with Crippen molar-refractivity contribution in [1.82, 2.24) is 10.6 Å². The van der Waals surface area contributed by atoms with Gasteiger partial charge in [-0.1, -0.05) is 13.8 Å². The zero-order chi connectivity index (χ0) is 18.4. The van der Waals surface area contributed by atoms with Crippen molar-refractivity contribution in [2.45, 2.75) is 72.1 Å². The minimum atomic E-state index is -1.23. The summed E-state index contributed by atoms with van der Waals surface area (Å²) in [6.07, 6.45) is -0.253. The van der Waals surface area contributed by atoms with Crippen LogP contribution in [0.25, 0.3) is 0 Å². The van der Waals surface area contributed by atoms with Crippen LogP contribution in [-0.2, 0) is 19.1 Å². The molecule has 2 N–H and O–H groups in total. The molecule has 7 nitrogen and oxygen atoms in total. The number of ether oxygens (including phenoxy) is 2.